The van der Waals surface area contributed by atoms with Crippen LogP contribution in [0.3, 0.4) is 0 Å². The SMILES string of the molecule is CCC(C)(N)c1nnnn1-c1ccccc1C. The third-order valence-electron chi connectivity index (χ3n) is 3.06. The van der Waals surface area contributed by atoms with Gasteiger partial charge in [-0.05, 0) is 42.3 Å². The molecule has 2 N–H and O–H groups in total. The molecule has 1 aromatic carbocycles. The summed E-state index contributed by atoms with van der Waals surface area (Å²) in [6, 6.07) is 7.97. The van der Waals surface area contributed by atoms with Gasteiger partial charge in [0.15, 0.2) is 5.82 Å². The van der Waals surface area contributed by atoms with Gasteiger partial charge in [-0.2, -0.15) is 4.68 Å². The number of rotatable bonds is 3. The Labute approximate surface area is 101 Å². The maximum atomic E-state index is 6.21. The monoisotopic (exact) mass is 231 g/mol. The quantitative estimate of drug-likeness (QED) is 0.870. The van der Waals surface area contributed by atoms with E-state index in [2.05, 4.69) is 15.5 Å². The second-order valence-electron chi connectivity index (χ2n) is 4.47. The molecule has 0 amide bonds. The van der Waals surface area contributed by atoms with Crippen molar-refractivity contribution in [1.82, 2.24) is 20.2 Å². The van der Waals surface area contributed by atoms with Crippen molar-refractivity contribution in [2.45, 2.75) is 32.7 Å². The summed E-state index contributed by atoms with van der Waals surface area (Å²) in [4.78, 5) is 0. The standard InChI is InChI=1S/C12H17N5/c1-4-12(3,13)11-14-15-16-17(11)10-8-6-5-7-9(10)2/h5-8H,4,13H2,1-3H3. The number of benzene rings is 1. The van der Waals surface area contributed by atoms with E-state index in [-0.39, 0.29) is 0 Å². The maximum Gasteiger partial charge on any atom is 0.176 e. The van der Waals surface area contributed by atoms with Crippen molar-refractivity contribution >= 4 is 0 Å². The average molecular weight is 231 g/mol. The number of nitrogens with zero attached hydrogens (tertiary/aromatic N) is 4. The van der Waals surface area contributed by atoms with Crippen LogP contribution in [-0.4, -0.2) is 20.2 Å². The van der Waals surface area contributed by atoms with Crippen molar-refractivity contribution < 1.29 is 0 Å². The van der Waals surface area contributed by atoms with Gasteiger partial charge >= 0.3 is 0 Å². The van der Waals surface area contributed by atoms with Crippen LogP contribution in [0.15, 0.2) is 24.3 Å². The van der Waals surface area contributed by atoms with Gasteiger partial charge in [-0.15, -0.1) is 5.10 Å². The summed E-state index contributed by atoms with van der Waals surface area (Å²) in [6.45, 7) is 5.99. The summed E-state index contributed by atoms with van der Waals surface area (Å²) in [7, 11) is 0. The molecule has 90 valence electrons. The van der Waals surface area contributed by atoms with Crippen LogP contribution in [0.5, 0.6) is 0 Å². The number of hydrogen-bond acceptors (Lipinski definition) is 4. The molecule has 1 atom stereocenters. The van der Waals surface area contributed by atoms with E-state index in [1.165, 1.54) is 0 Å². The van der Waals surface area contributed by atoms with Crippen LogP contribution in [0.4, 0.5) is 0 Å². The van der Waals surface area contributed by atoms with Crippen LogP contribution in [-0.2, 0) is 5.54 Å². The van der Waals surface area contributed by atoms with Crippen LogP contribution in [0, 0.1) is 6.92 Å². The summed E-state index contributed by atoms with van der Waals surface area (Å²) >= 11 is 0. The molecule has 1 aromatic heterocycles. The molecule has 0 saturated carbocycles. The van der Waals surface area contributed by atoms with Crippen LogP contribution in [0.1, 0.15) is 31.7 Å². The van der Waals surface area contributed by atoms with Gasteiger partial charge in [-0.1, -0.05) is 25.1 Å². The van der Waals surface area contributed by atoms with Gasteiger partial charge in [0.2, 0.25) is 0 Å². The fourth-order valence-electron chi connectivity index (χ4n) is 1.66. The topological polar surface area (TPSA) is 69.6 Å². The Morgan fingerprint density at radius 3 is 2.71 bits per heavy atom. The Morgan fingerprint density at radius 2 is 2.06 bits per heavy atom. The molecular formula is C12H17N5. The second kappa shape index (κ2) is 4.25. The summed E-state index contributed by atoms with van der Waals surface area (Å²) in [5.41, 5.74) is 7.77. The lowest BCUT2D eigenvalue weighted by molar-refractivity contribution is 0.433. The van der Waals surface area contributed by atoms with Crippen LogP contribution >= 0.6 is 0 Å². The maximum absolute atomic E-state index is 6.21. The van der Waals surface area contributed by atoms with Crippen LogP contribution in [0.25, 0.3) is 5.69 Å². The van der Waals surface area contributed by atoms with Crippen molar-refractivity contribution in [3.63, 3.8) is 0 Å². The zero-order chi connectivity index (χ0) is 12.5. The molecule has 2 rings (SSSR count). The molecule has 1 unspecified atom stereocenters. The summed E-state index contributed by atoms with van der Waals surface area (Å²) in [6.07, 6.45) is 0.777. The molecule has 5 heteroatoms. The third kappa shape index (κ3) is 2.06. The van der Waals surface area contributed by atoms with E-state index in [4.69, 9.17) is 5.73 Å². The fourth-order valence-corrected chi connectivity index (χ4v) is 1.66. The Hall–Kier alpha value is -1.75. The molecule has 5 nitrogen and oxygen atoms in total. The minimum absolute atomic E-state index is 0.522. The van der Waals surface area contributed by atoms with Crippen molar-refractivity contribution in [3.8, 4) is 5.69 Å². The lowest BCUT2D eigenvalue weighted by atomic mass is 9.99. The molecule has 0 aliphatic heterocycles. The first-order valence-corrected chi connectivity index (χ1v) is 5.70. The van der Waals surface area contributed by atoms with Crippen LogP contribution < -0.4 is 5.73 Å². The number of aryl methyl sites for hydroxylation is 1. The number of nitrogens with two attached hydrogens (primary N) is 1. The van der Waals surface area contributed by atoms with Gasteiger partial charge in [0, 0.05) is 0 Å². The molecule has 0 saturated heterocycles. The molecule has 0 aliphatic carbocycles. The zero-order valence-corrected chi connectivity index (χ0v) is 10.4. The van der Waals surface area contributed by atoms with Crippen molar-refractivity contribution in [3.05, 3.63) is 35.7 Å². The lowest BCUT2D eigenvalue weighted by Gasteiger charge is -2.21. The van der Waals surface area contributed by atoms with E-state index >= 15 is 0 Å². The summed E-state index contributed by atoms with van der Waals surface area (Å²) < 4.78 is 1.72. The van der Waals surface area contributed by atoms with Crippen molar-refractivity contribution in [1.29, 1.82) is 0 Å². The highest BCUT2D eigenvalue weighted by atomic mass is 15.5. The van der Waals surface area contributed by atoms with E-state index in [0.29, 0.717) is 5.82 Å². The predicted molar refractivity (Wildman–Crippen MR) is 65.7 cm³/mol. The average Bonchev–Trinajstić information content (AvgIpc) is 2.79. The van der Waals surface area contributed by atoms with Gasteiger partial charge < -0.3 is 5.73 Å². The Bertz CT molecular complexity index is 515. The van der Waals surface area contributed by atoms with E-state index in [0.717, 1.165) is 17.7 Å². The Balaban J connectivity index is 2.56. The fraction of sp³-hybridized carbons (Fsp3) is 0.417. The predicted octanol–water partition coefficient (Wildman–Crippen LogP) is 1.55. The minimum atomic E-state index is -0.522. The largest absolute Gasteiger partial charge is 0.319 e. The lowest BCUT2D eigenvalue weighted by Crippen LogP contribution is -2.35. The molecule has 0 bridgehead atoms. The summed E-state index contributed by atoms with van der Waals surface area (Å²) in [5, 5.41) is 11.8. The van der Waals surface area contributed by atoms with E-state index in [1.54, 1.807) is 4.68 Å². The molecule has 17 heavy (non-hydrogen) atoms. The smallest absolute Gasteiger partial charge is 0.176 e. The number of hydrogen-bond donors (Lipinski definition) is 1. The van der Waals surface area contributed by atoms with Gasteiger partial charge in [0.25, 0.3) is 0 Å². The van der Waals surface area contributed by atoms with E-state index in [1.807, 2.05) is 45.0 Å². The molecular weight excluding hydrogens is 214 g/mol. The van der Waals surface area contributed by atoms with Gasteiger partial charge in [0.05, 0.1) is 11.2 Å². The van der Waals surface area contributed by atoms with Crippen molar-refractivity contribution in [2.75, 3.05) is 0 Å². The first kappa shape index (κ1) is 11.7. The molecule has 0 spiro atoms. The normalized spacial score (nSPS) is 14.6. The highest BCUT2D eigenvalue weighted by molar-refractivity contribution is 5.40. The number of para-hydroxylation sites is 1. The first-order chi connectivity index (χ1) is 8.06. The Morgan fingerprint density at radius 1 is 1.35 bits per heavy atom. The first-order valence-electron chi connectivity index (χ1n) is 5.70. The number of tetrazole rings is 1. The van der Waals surface area contributed by atoms with E-state index < -0.39 is 5.54 Å². The highest BCUT2D eigenvalue weighted by Crippen LogP contribution is 2.22. The van der Waals surface area contributed by atoms with E-state index in [9.17, 15) is 0 Å². The van der Waals surface area contributed by atoms with Gasteiger partial charge in [-0.25, -0.2) is 0 Å². The van der Waals surface area contributed by atoms with Crippen molar-refractivity contribution in [2.24, 2.45) is 5.73 Å². The third-order valence-corrected chi connectivity index (χ3v) is 3.06. The summed E-state index contributed by atoms with van der Waals surface area (Å²) in [5.74, 6) is 0.689. The Kier molecular flexibility index (Phi) is 2.93. The molecule has 0 fully saturated rings. The molecule has 0 radical (unpaired) electrons. The molecule has 1 heterocycles. The highest BCUT2D eigenvalue weighted by Gasteiger charge is 2.27. The van der Waals surface area contributed by atoms with Crippen LogP contribution in [0.2, 0.25) is 0 Å². The second-order valence-corrected chi connectivity index (χ2v) is 4.47. The molecule has 0 aliphatic rings. The van der Waals surface area contributed by atoms with Gasteiger partial charge in [-0.3, -0.25) is 0 Å². The number of aromatic nitrogens is 4. The molecule has 2 aromatic rings. The minimum Gasteiger partial charge on any atom is -0.319 e. The zero-order valence-electron chi connectivity index (χ0n) is 10.4. The van der Waals surface area contributed by atoms with Gasteiger partial charge in [0.1, 0.15) is 0 Å².